The smallest absolute Gasteiger partial charge is 0.462 e. The molecule has 1 saturated carbocycles. The van der Waals surface area contributed by atoms with Gasteiger partial charge in [-0.25, -0.2) is 4.57 Å². The highest BCUT2D eigenvalue weighted by molar-refractivity contribution is 7.47. The number of phosphoric ester groups is 1. The minimum Gasteiger partial charge on any atom is -0.462 e. The third kappa shape index (κ3) is 27.1. The van der Waals surface area contributed by atoms with Gasteiger partial charge < -0.3 is 39.9 Å². The minimum absolute atomic E-state index is 0.101. The first-order valence-electron chi connectivity index (χ1n) is 22.5. The highest BCUT2D eigenvalue weighted by Gasteiger charge is 2.51. The van der Waals surface area contributed by atoms with Gasteiger partial charge in [0.05, 0.1) is 6.61 Å². The molecule has 1 fully saturated rings. The molecule has 0 saturated heterocycles. The molecule has 57 heavy (non-hydrogen) atoms. The average Bonchev–Trinajstić information content (AvgIpc) is 3.19. The molecule has 0 heterocycles. The topological polar surface area (TPSA) is 210 Å². The Labute approximate surface area is 343 Å². The van der Waals surface area contributed by atoms with Crippen LogP contribution in [0, 0.1) is 0 Å². The first-order chi connectivity index (χ1) is 27.4. The Bertz CT molecular complexity index is 1060. The SMILES string of the molecule is CCCCC/C=C/CCCCCCCC(=O)OC[C@H](COP(=O)(O)OC1C(O)C(O)C(O)[C@@H](O)C1O)OC(=O)CCCCCCCCCCCCCCCCCC. The van der Waals surface area contributed by atoms with Crippen LogP contribution in [0.5, 0.6) is 0 Å². The maximum absolute atomic E-state index is 12.8. The molecule has 14 heteroatoms. The van der Waals surface area contributed by atoms with Gasteiger partial charge in [-0.2, -0.15) is 0 Å². The van der Waals surface area contributed by atoms with Crippen LogP contribution < -0.4 is 0 Å². The van der Waals surface area contributed by atoms with Gasteiger partial charge in [-0.3, -0.25) is 18.6 Å². The number of aliphatic hydroxyl groups excluding tert-OH is 5. The van der Waals surface area contributed by atoms with Crippen LogP contribution >= 0.6 is 7.82 Å². The largest absolute Gasteiger partial charge is 0.472 e. The van der Waals surface area contributed by atoms with E-state index in [2.05, 4.69) is 26.0 Å². The van der Waals surface area contributed by atoms with Crippen LogP contribution in [0.1, 0.15) is 194 Å². The Morgan fingerprint density at radius 2 is 0.895 bits per heavy atom. The number of phosphoric acid groups is 1. The van der Waals surface area contributed by atoms with E-state index in [0.29, 0.717) is 12.8 Å². The van der Waals surface area contributed by atoms with Crippen molar-refractivity contribution >= 4 is 19.8 Å². The molecule has 0 aromatic carbocycles. The van der Waals surface area contributed by atoms with Crippen molar-refractivity contribution in [3.63, 3.8) is 0 Å². The van der Waals surface area contributed by atoms with E-state index >= 15 is 0 Å². The van der Waals surface area contributed by atoms with Gasteiger partial charge in [0, 0.05) is 12.8 Å². The molecule has 1 aliphatic carbocycles. The van der Waals surface area contributed by atoms with E-state index in [-0.39, 0.29) is 12.8 Å². The summed E-state index contributed by atoms with van der Waals surface area (Å²) in [5.41, 5.74) is 0. The number of rotatable bonds is 37. The van der Waals surface area contributed by atoms with Crippen molar-refractivity contribution in [3.8, 4) is 0 Å². The summed E-state index contributed by atoms with van der Waals surface area (Å²) in [4.78, 5) is 35.6. The monoisotopic (exact) mass is 837 g/mol. The lowest BCUT2D eigenvalue weighted by molar-refractivity contribution is -0.220. The molecule has 0 aliphatic heterocycles. The minimum atomic E-state index is -5.11. The van der Waals surface area contributed by atoms with Gasteiger partial charge in [0.1, 0.15) is 43.2 Å². The zero-order valence-corrected chi connectivity index (χ0v) is 36.3. The molecule has 0 bridgehead atoms. The van der Waals surface area contributed by atoms with Crippen LogP contribution in [0.3, 0.4) is 0 Å². The molecule has 6 N–H and O–H groups in total. The molecule has 13 nitrogen and oxygen atoms in total. The third-order valence-corrected chi connectivity index (χ3v) is 11.6. The predicted octanol–water partition coefficient (Wildman–Crippen LogP) is 8.28. The summed E-state index contributed by atoms with van der Waals surface area (Å²) in [7, 11) is -5.11. The lowest BCUT2D eigenvalue weighted by atomic mass is 9.85. The lowest BCUT2D eigenvalue weighted by Crippen LogP contribution is -2.64. The molecule has 336 valence electrons. The van der Waals surface area contributed by atoms with Gasteiger partial charge in [-0.15, -0.1) is 0 Å². The molecular weight excluding hydrogens is 755 g/mol. The van der Waals surface area contributed by atoms with E-state index in [4.69, 9.17) is 18.5 Å². The fourth-order valence-electron chi connectivity index (χ4n) is 6.93. The summed E-state index contributed by atoms with van der Waals surface area (Å²) < 4.78 is 33.5. The Morgan fingerprint density at radius 1 is 0.526 bits per heavy atom. The first-order valence-corrected chi connectivity index (χ1v) is 24.0. The number of hydrogen-bond acceptors (Lipinski definition) is 12. The number of unbranched alkanes of at least 4 members (excludes halogenated alkanes) is 23. The molecule has 0 aromatic rings. The summed E-state index contributed by atoms with van der Waals surface area (Å²) in [5.74, 6) is -1.10. The van der Waals surface area contributed by atoms with E-state index in [9.17, 15) is 44.6 Å². The number of aliphatic hydroxyl groups is 5. The van der Waals surface area contributed by atoms with E-state index in [0.717, 1.165) is 57.8 Å². The molecule has 6 unspecified atom stereocenters. The Morgan fingerprint density at radius 3 is 1.37 bits per heavy atom. The second-order valence-corrected chi connectivity index (χ2v) is 17.3. The van der Waals surface area contributed by atoms with E-state index in [1.165, 1.54) is 96.3 Å². The summed E-state index contributed by atoms with van der Waals surface area (Å²) in [6, 6.07) is 0. The second kappa shape index (κ2) is 34.3. The van der Waals surface area contributed by atoms with Crippen LogP contribution in [-0.2, 0) is 32.7 Å². The summed E-state index contributed by atoms with van der Waals surface area (Å²) in [6.07, 6.45) is 21.3. The third-order valence-electron chi connectivity index (χ3n) is 10.6. The van der Waals surface area contributed by atoms with Crippen molar-refractivity contribution in [2.45, 2.75) is 236 Å². The quantitative estimate of drug-likeness (QED) is 0.0151. The highest BCUT2D eigenvalue weighted by atomic mass is 31.2. The van der Waals surface area contributed by atoms with E-state index < -0.39 is 75.7 Å². The zero-order valence-electron chi connectivity index (χ0n) is 35.4. The Balaban J connectivity index is 2.46. The molecule has 0 radical (unpaired) electrons. The normalized spacial score (nSPS) is 22.7. The summed E-state index contributed by atoms with van der Waals surface area (Å²) in [6.45, 7) is 3.27. The number of hydrogen-bond donors (Lipinski definition) is 6. The lowest BCUT2D eigenvalue weighted by Gasteiger charge is -2.41. The average molecular weight is 837 g/mol. The van der Waals surface area contributed by atoms with Crippen molar-refractivity contribution < 1.29 is 63.1 Å². The van der Waals surface area contributed by atoms with Crippen LogP contribution in [0.25, 0.3) is 0 Å². The van der Waals surface area contributed by atoms with Crippen LogP contribution in [0.15, 0.2) is 12.2 Å². The van der Waals surface area contributed by atoms with Crippen LogP contribution in [0.4, 0.5) is 0 Å². The van der Waals surface area contributed by atoms with Gasteiger partial charge >= 0.3 is 19.8 Å². The number of esters is 2. The second-order valence-electron chi connectivity index (χ2n) is 15.9. The van der Waals surface area contributed by atoms with Crippen LogP contribution in [-0.4, -0.2) is 98.3 Å². The van der Waals surface area contributed by atoms with Gasteiger partial charge in [0.15, 0.2) is 6.10 Å². The van der Waals surface area contributed by atoms with Gasteiger partial charge in [-0.05, 0) is 38.5 Å². The zero-order chi connectivity index (χ0) is 42.2. The number of ether oxygens (including phenoxy) is 2. The maximum Gasteiger partial charge on any atom is 0.472 e. The molecule has 1 aliphatic rings. The highest BCUT2D eigenvalue weighted by Crippen LogP contribution is 2.47. The molecular formula is C43H81O13P. The summed E-state index contributed by atoms with van der Waals surface area (Å²) >= 11 is 0. The van der Waals surface area contributed by atoms with Crippen molar-refractivity contribution in [1.29, 1.82) is 0 Å². The predicted molar refractivity (Wildman–Crippen MR) is 221 cm³/mol. The summed E-state index contributed by atoms with van der Waals surface area (Å²) in [5, 5.41) is 50.1. The molecule has 0 amide bonds. The number of allylic oxidation sites excluding steroid dienone is 2. The number of carbonyl (C=O) groups excluding carboxylic acids is 2. The fourth-order valence-corrected chi connectivity index (χ4v) is 7.90. The molecule has 8 atom stereocenters. The van der Waals surface area contributed by atoms with Gasteiger partial charge in [-0.1, -0.05) is 154 Å². The standard InChI is InChI=1S/C43H81O13P/c1-3-5-7-9-11-13-15-17-18-19-20-22-24-26-28-30-32-37(45)55-35(33-53-36(44)31-29-27-25-23-21-16-14-12-10-8-6-4-2)34-54-57(51,52)56-43-41(49)39(47)38(46)40(48)42(43)50/h12,14,35,38-43,46-50H,3-11,13,15-34H2,1-2H3,(H,51,52)/b14-12+/t35-,38?,39-,40?,41?,42?,43?/m1/s1. The maximum atomic E-state index is 12.8. The van der Waals surface area contributed by atoms with Crippen molar-refractivity contribution in [1.82, 2.24) is 0 Å². The molecule has 1 rings (SSSR count). The van der Waals surface area contributed by atoms with Gasteiger partial charge in [0.2, 0.25) is 0 Å². The van der Waals surface area contributed by atoms with E-state index in [1.54, 1.807) is 0 Å². The Hall–Kier alpha value is -1.41. The molecule has 0 spiro atoms. The first kappa shape index (κ1) is 53.6. The van der Waals surface area contributed by atoms with E-state index in [1.807, 2.05) is 0 Å². The fraction of sp³-hybridized carbons (Fsp3) is 0.907. The van der Waals surface area contributed by atoms with Crippen molar-refractivity contribution in [2.75, 3.05) is 13.2 Å². The number of carbonyl (C=O) groups is 2. The van der Waals surface area contributed by atoms with Crippen molar-refractivity contribution in [2.24, 2.45) is 0 Å². The van der Waals surface area contributed by atoms with Crippen LogP contribution in [0.2, 0.25) is 0 Å². The van der Waals surface area contributed by atoms with Crippen molar-refractivity contribution in [3.05, 3.63) is 12.2 Å². The Kier molecular flexibility index (Phi) is 32.3. The van der Waals surface area contributed by atoms with Gasteiger partial charge in [0.25, 0.3) is 0 Å². The molecule has 0 aromatic heterocycles.